The molecule has 0 aliphatic carbocycles. The van der Waals surface area contributed by atoms with Gasteiger partial charge in [-0.1, -0.05) is 97.8 Å². The van der Waals surface area contributed by atoms with E-state index in [1.54, 1.807) is 0 Å². The summed E-state index contributed by atoms with van der Waals surface area (Å²) in [5.41, 5.74) is 38.8. The normalized spacial score (nSPS) is 11.1. The molecular weight excluding hydrogens is 1020 g/mol. The van der Waals surface area contributed by atoms with E-state index in [2.05, 4.69) is 172 Å². The molecule has 0 unspecified atom stereocenters. The molecule has 0 spiro atoms. The molecule has 0 radical (unpaired) electrons. The maximum atomic E-state index is 6.43. The van der Waals surface area contributed by atoms with Gasteiger partial charge in [0.05, 0.1) is 0 Å². The van der Waals surface area contributed by atoms with Crippen molar-refractivity contribution in [3.8, 4) is 71.0 Å². The highest BCUT2D eigenvalue weighted by Gasteiger charge is 2.08. The Morgan fingerprint density at radius 2 is 0.692 bits per heavy atom. The van der Waals surface area contributed by atoms with Crippen LogP contribution in [0.25, 0.3) is 0 Å². The van der Waals surface area contributed by atoms with Gasteiger partial charge in [-0.05, 0) is 209 Å². The van der Waals surface area contributed by atoms with Gasteiger partial charge in [0.15, 0.2) is 0 Å². The highest BCUT2D eigenvalue weighted by Crippen LogP contribution is 2.22. The van der Waals surface area contributed by atoms with Crippen molar-refractivity contribution in [2.45, 2.75) is 48.5 Å². The minimum absolute atomic E-state index is 0.120. The van der Waals surface area contributed by atoms with Gasteiger partial charge in [-0.25, -0.2) is 0 Å². The number of hydrogen-bond acceptors (Lipinski definition) is 3. The van der Waals surface area contributed by atoms with Crippen molar-refractivity contribution in [1.29, 1.82) is 0 Å². The third-order valence-corrected chi connectivity index (χ3v) is 13.3. The summed E-state index contributed by atoms with van der Waals surface area (Å²) in [5.74, 6) is 40.4. The number of hydrogen-bond donors (Lipinski definition) is 3. The molecule has 7 rings (SSSR count). The van der Waals surface area contributed by atoms with Crippen molar-refractivity contribution >= 4 is 64.4 Å². The van der Waals surface area contributed by atoms with Crippen molar-refractivity contribution in [3.63, 3.8) is 0 Å². The van der Waals surface area contributed by atoms with Crippen LogP contribution in [0.3, 0.4) is 0 Å². The maximum absolute atomic E-state index is 6.43. The number of allylic oxidation sites excluding steroid dienone is 3. The van der Waals surface area contributed by atoms with Gasteiger partial charge >= 0.3 is 0 Å². The lowest BCUT2D eigenvalue weighted by molar-refractivity contribution is 1.37. The third-order valence-electron chi connectivity index (χ3n) is 10.3. The van der Waals surface area contributed by atoms with Gasteiger partial charge in [-0.3, -0.25) is 0 Å². The van der Waals surface area contributed by atoms with Crippen LogP contribution < -0.4 is 17.2 Å². The smallest absolute Gasteiger partial charge is 0.0339 e. The Kier molecular flexibility index (Phi) is 14.5. The first kappa shape index (κ1) is 45.9. The SMILES string of the molecule is CC1=CI=CC(C#Cc2cc(N)cc(C#Cc3cc(C#Cc4cc(N)cc(C#Cc5cc(C)cc(C)c5)c4C)cc(C#Cc4cc(N)cc(C#Cc5cc(C)cc(I)c5)c4C)c3)c2C)=C1. The van der Waals surface area contributed by atoms with Crippen LogP contribution in [0.15, 0.2) is 112 Å². The van der Waals surface area contributed by atoms with Crippen LogP contribution in [-0.2, 0) is 0 Å². The van der Waals surface area contributed by atoms with Gasteiger partial charge in [0.25, 0.3) is 0 Å². The highest BCUT2D eigenvalue weighted by atomic mass is 127. The monoisotopic (exact) mass is 1060 g/mol. The molecular formula is C60H45I2N3. The summed E-state index contributed by atoms with van der Waals surface area (Å²) in [6.45, 7) is 14.4. The van der Waals surface area contributed by atoms with Crippen LogP contribution in [-0.4, -0.2) is 4.01 Å². The van der Waals surface area contributed by atoms with Crippen LogP contribution in [0.4, 0.5) is 17.1 Å². The van der Waals surface area contributed by atoms with Crippen molar-refractivity contribution in [2.24, 2.45) is 0 Å². The number of nitrogens with two attached hydrogens (primary N) is 3. The van der Waals surface area contributed by atoms with E-state index in [-0.39, 0.29) is 20.7 Å². The van der Waals surface area contributed by atoms with Gasteiger partial charge in [0, 0.05) is 87.4 Å². The Hall–Kier alpha value is -7.11. The van der Waals surface area contributed by atoms with Crippen molar-refractivity contribution in [1.82, 2.24) is 0 Å². The molecule has 3 nitrogen and oxygen atoms in total. The van der Waals surface area contributed by atoms with Crippen LogP contribution >= 0.6 is 43.3 Å². The molecule has 6 aromatic rings. The molecule has 0 bridgehead atoms. The number of halogens is 2. The van der Waals surface area contributed by atoms with Gasteiger partial charge in [0.2, 0.25) is 0 Å². The molecule has 0 atom stereocenters. The molecule has 6 aromatic carbocycles. The van der Waals surface area contributed by atoms with E-state index >= 15 is 0 Å². The van der Waals surface area contributed by atoms with E-state index in [0.717, 1.165) is 92.6 Å². The minimum Gasteiger partial charge on any atom is -0.399 e. The second kappa shape index (κ2) is 20.6. The van der Waals surface area contributed by atoms with Gasteiger partial charge in [-0.2, -0.15) is 0 Å². The lowest BCUT2D eigenvalue weighted by Gasteiger charge is -2.05. The van der Waals surface area contributed by atoms with Crippen LogP contribution in [0.1, 0.15) is 102 Å². The first-order valence-electron chi connectivity index (χ1n) is 20.8. The van der Waals surface area contributed by atoms with Crippen molar-refractivity contribution < 1.29 is 0 Å². The number of aryl methyl sites for hydroxylation is 3. The standard InChI is InChI=1S/C60H45I2N3/c1-38-20-39(2)22-45(21-38)8-14-51-30-58(63)32-53(42(51)5)16-10-47-26-48(11-17-54-33-59(64)31-52(43(54)6)15-9-46-23-40(3)25-57(61)29-46)28-49(27-47)12-18-55-34-60(65)35-56(44(55)7)19-13-50-24-41(4)36-62-37-50/h20-37H,63-65H2,1-7H3. The molecule has 1 heterocycles. The second-order valence-electron chi connectivity index (χ2n) is 16.1. The largest absolute Gasteiger partial charge is 0.399 e. The average Bonchev–Trinajstić information content (AvgIpc) is 3.24. The summed E-state index contributed by atoms with van der Waals surface area (Å²) in [7, 11) is 0. The molecule has 1 aliphatic heterocycles. The summed E-state index contributed by atoms with van der Waals surface area (Å²) in [5, 5.41) is 0. The summed E-state index contributed by atoms with van der Waals surface area (Å²) < 4.78 is 5.67. The summed E-state index contributed by atoms with van der Waals surface area (Å²) >= 11 is 2.20. The molecule has 65 heavy (non-hydrogen) atoms. The topological polar surface area (TPSA) is 78.1 Å². The molecule has 1 aliphatic rings. The highest BCUT2D eigenvalue weighted by molar-refractivity contribution is 14.2. The van der Waals surface area contributed by atoms with Gasteiger partial charge in [0.1, 0.15) is 0 Å². The molecule has 0 aromatic heterocycles. The zero-order valence-corrected chi connectivity index (χ0v) is 41.7. The van der Waals surface area contributed by atoms with Gasteiger partial charge in [-0.15, -0.1) is 0 Å². The van der Waals surface area contributed by atoms with Crippen molar-refractivity contribution in [2.75, 3.05) is 17.2 Å². The molecule has 0 saturated heterocycles. The van der Waals surface area contributed by atoms with E-state index in [1.807, 2.05) is 75.4 Å². The summed E-state index contributed by atoms with van der Waals surface area (Å²) in [6, 6.07) is 29.9. The lowest BCUT2D eigenvalue weighted by atomic mass is 9.99. The Bertz CT molecular complexity index is 3270. The molecule has 314 valence electrons. The zero-order chi connectivity index (χ0) is 46.2. The van der Waals surface area contributed by atoms with E-state index < -0.39 is 0 Å². The van der Waals surface area contributed by atoms with E-state index in [1.165, 1.54) is 16.7 Å². The number of anilines is 3. The fourth-order valence-corrected chi connectivity index (χ4v) is 9.57. The Morgan fingerprint density at radius 3 is 1.05 bits per heavy atom. The second-order valence-corrected chi connectivity index (χ2v) is 19.3. The first-order chi connectivity index (χ1) is 31.1. The quantitative estimate of drug-likeness (QED) is 0.0806. The fourth-order valence-electron chi connectivity index (χ4n) is 7.10. The predicted molar refractivity (Wildman–Crippen MR) is 292 cm³/mol. The Balaban J connectivity index is 1.29. The minimum atomic E-state index is -0.120. The Labute approximate surface area is 408 Å². The summed E-state index contributed by atoms with van der Waals surface area (Å²) in [4.78, 5) is 0. The van der Waals surface area contributed by atoms with E-state index in [9.17, 15) is 0 Å². The average molecular weight is 1060 g/mol. The number of rotatable bonds is 0. The fraction of sp³-hybridized carbons (Fsp3) is 0.117. The molecule has 5 heteroatoms. The van der Waals surface area contributed by atoms with Gasteiger partial charge < -0.3 is 17.2 Å². The third kappa shape index (κ3) is 12.5. The Morgan fingerprint density at radius 1 is 0.369 bits per heavy atom. The van der Waals surface area contributed by atoms with Crippen LogP contribution in [0, 0.1) is 116 Å². The van der Waals surface area contributed by atoms with Crippen molar-refractivity contribution in [3.05, 3.63) is 210 Å². The number of nitrogen functional groups attached to an aromatic ring is 3. The lowest BCUT2D eigenvalue weighted by Crippen LogP contribution is -1.95. The maximum Gasteiger partial charge on any atom is 0.0339 e. The van der Waals surface area contributed by atoms with Crippen LogP contribution in [0.5, 0.6) is 0 Å². The molecule has 0 saturated carbocycles. The first-order valence-corrected chi connectivity index (χ1v) is 24.4. The van der Waals surface area contributed by atoms with E-state index in [0.29, 0.717) is 17.1 Å². The van der Waals surface area contributed by atoms with E-state index in [4.69, 9.17) is 17.2 Å². The summed E-state index contributed by atoms with van der Waals surface area (Å²) in [6.07, 6.45) is 2.12. The molecule has 0 fully saturated rings. The molecule has 0 amide bonds. The predicted octanol–water partition coefficient (Wildman–Crippen LogP) is 11.9. The van der Waals surface area contributed by atoms with Crippen LogP contribution in [0.2, 0.25) is 0 Å². The zero-order valence-electron chi connectivity index (χ0n) is 37.4. The molecule has 6 N–H and O–H groups in total. The number of benzene rings is 6.